The topological polar surface area (TPSA) is 93.0 Å². The Morgan fingerprint density at radius 1 is 1.10 bits per heavy atom. The Labute approximate surface area is 240 Å². The van der Waals surface area contributed by atoms with Crippen molar-refractivity contribution in [1.29, 1.82) is 0 Å². The fraction of sp³-hybridized carbons (Fsp3) is 0.345. The third-order valence-electron chi connectivity index (χ3n) is 7.21. The molecule has 216 valence electrons. The highest BCUT2D eigenvalue weighted by atomic mass is 35.5. The number of aromatic nitrogens is 3. The fourth-order valence-corrected chi connectivity index (χ4v) is 5.11. The Balaban J connectivity index is 1.28. The molecule has 1 N–H and O–H groups in total. The van der Waals surface area contributed by atoms with E-state index in [0.29, 0.717) is 45.1 Å². The van der Waals surface area contributed by atoms with E-state index in [1.54, 1.807) is 37.4 Å². The lowest BCUT2D eigenvalue weighted by atomic mass is 10.2. The van der Waals surface area contributed by atoms with Crippen LogP contribution in [0.1, 0.15) is 28.7 Å². The van der Waals surface area contributed by atoms with Crippen molar-refractivity contribution < 1.29 is 28.2 Å². The van der Waals surface area contributed by atoms with Crippen molar-refractivity contribution in [3.8, 4) is 5.88 Å². The average molecular weight is 586 g/mol. The van der Waals surface area contributed by atoms with Crippen molar-refractivity contribution in [3.63, 3.8) is 0 Å². The lowest BCUT2D eigenvalue weighted by Crippen LogP contribution is -2.52. The predicted octanol–water partition coefficient (Wildman–Crippen LogP) is 5.00. The predicted molar refractivity (Wildman–Crippen MR) is 151 cm³/mol. The molecule has 0 aliphatic carbocycles. The van der Waals surface area contributed by atoms with Gasteiger partial charge in [-0.05, 0) is 49.4 Å². The van der Waals surface area contributed by atoms with Crippen LogP contribution >= 0.6 is 11.6 Å². The maximum Gasteiger partial charge on any atom is 0.335 e. The highest BCUT2D eigenvalue weighted by molar-refractivity contribution is 6.30. The summed E-state index contributed by atoms with van der Waals surface area (Å²) >= 11 is 5.80. The Bertz CT molecular complexity index is 1570. The van der Waals surface area contributed by atoms with Crippen molar-refractivity contribution in [2.75, 3.05) is 38.3 Å². The molecule has 1 atom stereocenters. The number of nitrogens with zero attached hydrogens (tertiary/aromatic N) is 5. The van der Waals surface area contributed by atoms with Gasteiger partial charge in [-0.15, -0.1) is 0 Å². The van der Waals surface area contributed by atoms with Crippen LogP contribution in [-0.2, 0) is 24.4 Å². The minimum atomic E-state index is -0.988. The molecule has 2 aromatic carbocycles. The molecule has 1 fully saturated rings. The molecule has 1 aliphatic rings. The number of carbonyl (C=O) groups is 1. The van der Waals surface area contributed by atoms with Crippen molar-refractivity contribution in [3.05, 3.63) is 82.1 Å². The summed E-state index contributed by atoms with van der Waals surface area (Å²) in [5.74, 6) is -0.951. The van der Waals surface area contributed by atoms with Gasteiger partial charge in [-0.3, -0.25) is 4.90 Å². The molecular weight excluding hydrogens is 556 g/mol. The van der Waals surface area contributed by atoms with Gasteiger partial charge in [-0.25, -0.2) is 18.6 Å². The van der Waals surface area contributed by atoms with E-state index in [2.05, 4.69) is 21.7 Å². The summed E-state index contributed by atoms with van der Waals surface area (Å²) < 4.78 is 41.5. The van der Waals surface area contributed by atoms with E-state index in [0.717, 1.165) is 16.9 Å². The first-order valence-electron chi connectivity index (χ1n) is 13.2. The molecule has 2 aromatic heterocycles. The smallest absolute Gasteiger partial charge is 0.335 e. The first-order valence-corrected chi connectivity index (χ1v) is 13.5. The Hall–Kier alpha value is -3.80. The lowest BCUT2D eigenvalue weighted by Gasteiger charge is -2.40. The van der Waals surface area contributed by atoms with Crippen LogP contribution in [0.2, 0.25) is 5.02 Å². The number of pyridine rings is 1. The van der Waals surface area contributed by atoms with E-state index >= 15 is 0 Å². The van der Waals surface area contributed by atoms with Crippen LogP contribution in [0.5, 0.6) is 5.88 Å². The number of fused-ring (bicyclic) bond motifs is 1. The molecule has 5 rings (SSSR count). The zero-order valence-electron chi connectivity index (χ0n) is 22.7. The van der Waals surface area contributed by atoms with E-state index in [4.69, 9.17) is 26.1 Å². The lowest BCUT2D eigenvalue weighted by molar-refractivity contribution is 0.0697. The molecule has 4 aromatic rings. The highest BCUT2D eigenvalue weighted by Gasteiger charge is 2.27. The molecular formula is C29H30ClF2N5O4. The molecule has 41 heavy (non-hydrogen) atoms. The van der Waals surface area contributed by atoms with Crippen molar-refractivity contribution >= 4 is 34.4 Å². The number of hydrogen-bond acceptors (Lipinski definition) is 7. The van der Waals surface area contributed by atoms with Crippen LogP contribution in [0.3, 0.4) is 0 Å². The van der Waals surface area contributed by atoms with Gasteiger partial charge in [0.15, 0.2) is 5.82 Å². The number of rotatable bonds is 10. The number of methoxy groups -OCH3 is 1. The summed E-state index contributed by atoms with van der Waals surface area (Å²) in [6, 6.07) is 12.2. The third-order valence-corrected chi connectivity index (χ3v) is 7.44. The van der Waals surface area contributed by atoms with Crippen LogP contribution in [0.15, 0.2) is 48.5 Å². The van der Waals surface area contributed by atoms with E-state index in [1.165, 1.54) is 18.2 Å². The second kappa shape index (κ2) is 12.4. The normalized spacial score (nSPS) is 15.9. The number of anilines is 1. The summed E-state index contributed by atoms with van der Waals surface area (Å²) in [7, 11) is 1.62. The van der Waals surface area contributed by atoms with Crippen LogP contribution in [0.25, 0.3) is 11.0 Å². The van der Waals surface area contributed by atoms with Gasteiger partial charge in [0.05, 0.1) is 29.7 Å². The number of aromatic carboxylic acids is 1. The first kappa shape index (κ1) is 28.7. The molecule has 1 aliphatic heterocycles. The van der Waals surface area contributed by atoms with Gasteiger partial charge in [0.1, 0.15) is 24.1 Å². The van der Waals surface area contributed by atoms with Gasteiger partial charge >= 0.3 is 5.97 Å². The SMILES string of the molecule is COCCn1c(CN2CCN(c3ccc(F)c(OCc4ccc(Cl)cc4F)n3)C[C@H]2C)nc2ccc(C(=O)O)cc21. The zero-order chi connectivity index (χ0) is 29.1. The second-order valence-electron chi connectivity index (χ2n) is 9.93. The Morgan fingerprint density at radius 3 is 2.66 bits per heavy atom. The summed E-state index contributed by atoms with van der Waals surface area (Å²) in [6.45, 7) is 5.45. The summed E-state index contributed by atoms with van der Waals surface area (Å²) in [5.41, 5.74) is 1.94. The number of carboxylic acid groups (broad SMARTS) is 1. The van der Waals surface area contributed by atoms with Gasteiger partial charge in [-0.1, -0.05) is 17.7 Å². The largest absolute Gasteiger partial charge is 0.478 e. The standard InChI is InChI=1S/C29H30ClF2N5O4/c1-18-15-36(26-8-6-22(31)28(34-26)41-17-20-3-5-21(30)14-23(20)32)10-9-35(18)16-27-33-24-7-4-19(29(38)39)13-25(24)37(27)11-12-40-2/h3-8,13-14,18H,9-12,15-17H2,1-2H3,(H,38,39)/t18-/m1/s1. The number of halogens is 3. The van der Waals surface area contributed by atoms with E-state index in [1.807, 2.05) is 4.57 Å². The van der Waals surface area contributed by atoms with Gasteiger partial charge in [0, 0.05) is 49.9 Å². The van der Waals surface area contributed by atoms with Crippen LogP contribution in [0.4, 0.5) is 14.6 Å². The molecule has 0 saturated carbocycles. The third kappa shape index (κ3) is 6.42. The Morgan fingerprint density at radius 2 is 1.93 bits per heavy atom. The van der Waals surface area contributed by atoms with Gasteiger partial charge in [0.25, 0.3) is 5.88 Å². The number of benzene rings is 2. The number of ether oxygens (including phenoxy) is 2. The van der Waals surface area contributed by atoms with Crippen LogP contribution in [0, 0.1) is 11.6 Å². The molecule has 12 heteroatoms. The summed E-state index contributed by atoms with van der Waals surface area (Å²) in [6.07, 6.45) is 0. The maximum atomic E-state index is 14.5. The molecule has 1 saturated heterocycles. The number of hydrogen-bond donors (Lipinski definition) is 1. The molecule has 0 unspecified atom stereocenters. The second-order valence-corrected chi connectivity index (χ2v) is 10.4. The number of piperazine rings is 1. The minimum Gasteiger partial charge on any atom is -0.478 e. The molecule has 3 heterocycles. The maximum absolute atomic E-state index is 14.5. The Kier molecular flexibility index (Phi) is 8.67. The van der Waals surface area contributed by atoms with Crippen molar-refractivity contribution in [1.82, 2.24) is 19.4 Å². The van der Waals surface area contributed by atoms with Crippen molar-refractivity contribution in [2.45, 2.75) is 32.7 Å². The molecule has 9 nitrogen and oxygen atoms in total. The summed E-state index contributed by atoms with van der Waals surface area (Å²) in [4.78, 5) is 25.1. The van der Waals surface area contributed by atoms with E-state index in [9.17, 15) is 18.7 Å². The first-order chi connectivity index (χ1) is 19.7. The van der Waals surface area contributed by atoms with E-state index < -0.39 is 17.6 Å². The fourth-order valence-electron chi connectivity index (χ4n) is 4.95. The van der Waals surface area contributed by atoms with Gasteiger partial charge < -0.3 is 24.0 Å². The molecule has 0 bridgehead atoms. The molecule has 0 spiro atoms. The minimum absolute atomic E-state index is 0.105. The average Bonchev–Trinajstić information content (AvgIpc) is 3.29. The van der Waals surface area contributed by atoms with Crippen LogP contribution < -0.4 is 9.64 Å². The quantitative estimate of drug-likeness (QED) is 0.278. The van der Waals surface area contributed by atoms with Crippen LogP contribution in [-0.4, -0.2) is 69.9 Å². The molecule has 0 amide bonds. The highest BCUT2D eigenvalue weighted by Crippen LogP contribution is 2.26. The summed E-state index contributed by atoms with van der Waals surface area (Å²) in [5, 5.41) is 9.72. The van der Waals surface area contributed by atoms with Crippen molar-refractivity contribution in [2.24, 2.45) is 0 Å². The number of imidazole rings is 1. The number of carboxylic acids is 1. The van der Waals surface area contributed by atoms with Gasteiger partial charge in [0.2, 0.25) is 0 Å². The van der Waals surface area contributed by atoms with Gasteiger partial charge in [-0.2, -0.15) is 4.98 Å². The van der Waals surface area contributed by atoms with E-state index in [-0.39, 0.29) is 34.7 Å². The monoisotopic (exact) mass is 585 g/mol. The zero-order valence-corrected chi connectivity index (χ0v) is 23.4. The molecule has 0 radical (unpaired) electrons.